The number of rotatable bonds is 5. The summed E-state index contributed by atoms with van der Waals surface area (Å²) in [5.41, 5.74) is 6.36. The largest absolute Gasteiger partial charge is 0.378 e. The second-order valence-electron chi connectivity index (χ2n) is 7.96. The van der Waals surface area contributed by atoms with Crippen molar-refractivity contribution in [3.05, 3.63) is 88.3 Å². The summed E-state index contributed by atoms with van der Waals surface area (Å²) >= 11 is 6.87. The van der Waals surface area contributed by atoms with E-state index in [0.29, 0.717) is 9.23 Å². The lowest BCUT2D eigenvalue weighted by Gasteiger charge is -2.17. The van der Waals surface area contributed by atoms with E-state index >= 15 is 0 Å². The zero-order valence-electron chi connectivity index (χ0n) is 18.9. The molecule has 1 aliphatic heterocycles. The predicted molar refractivity (Wildman–Crippen MR) is 143 cm³/mol. The fourth-order valence-corrected chi connectivity index (χ4v) is 4.72. The van der Waals surface area contributed by atoms with Gasteiger partial charge >= 0.3 is 0 Å². The molecule has 0 atom stereocenters. The maximum Gasteiger partial charge on any atom is 0.270 e. The van der Waals surface area contributed by atoms with Crippen LogP contribution in [0, 0.1) is 13.8 Å². The number of amides is 1. The van der Waals surface area contributed by atoms with Crippen LogP contribution in [0.5, 0.6) is 0 Å². The van der Waals surface area contributed by atoms with Gasteiger partial charge in [-0.05, 0) is 73.0 Å². The highest BCUT2D eigenvalue weighted by Gasteiger charge is 2.34. The Bertz CT molecular complexity index is 1280. The van der Waals surface area contributed by atoms with Gasteiger partial charge in [0.15, 0.2) is 4.32 Å². The second kappa shape index (κ2) is 9.68. The molecule has 0 saturated carbocycles. The molecule has 7 heteroatoms. The topological polar surface area (TPSA) is 48.3 Å². The van der Waals surface area contributed by atoms with Crippen molar-refractivity contribution in [1.82, 2.24) is 0 Å². The molecule has 0 spiro atoms. The highest BCUT2D eigenvalue weighted by atomic mass is 32.2. The van der Waals surface area contributed by atoms with Crippen LogP contribution in [0.15, 0.2) is 81.9 Å². The number of hydrogen-bond acceptors (Lipinski definition) is 6. The first-order chi connectivity index (χ1) is 15.8. The highest BCUT2D eigenvalue weighted by molar-refractivity contribution is 8.27. The van der Waals surface area contributed by atoms with E-state index in [0.717, 1.165) is 39.4 Å². The lowest BCUT2D eigenvalue weighted by molar-refractivity contribution is -0.113. The van der Waals surface area contributed by atoms with Crippen molar-refractivity contribution in [3.8, 4) is 0 Å². The number of nitrogens with zero attached hydrogens (tertiary/aromatic N) is 4. The standard InChI is InChI=1S/C26H24N4OS2/c1-17-7-5-6-8-22(17)28-27-20-11-14-23(18(2)15-20)30-25(31)24(33-26(30)32)16-19-9-12-21(13-10-19)29(3)4/h5-16H,1-4H3/b24-16-,28-27?. The summed E-state index contributed by atoms with van der Waals surface area (Å²) < 4.78 is 0.522. The molecular weight excluding hydrogens is 448 g/mol. The summed E-state index contributed by atoms with van der Waals surface area (Å²) in [6.07, 6.45) is 1.89. The Kier molecular flexibility index (Phi) is 6.72. The molecule has 0 radical (unpaired) electrons. The van der Waals surface area contributed by atoms with Gasteiger partial charge < -0.3 is 4.90 Å². The number of thioether (sulfide) groups is 1. The summed E-state index contributed by atoms with van der Waals surface area (Å²) in [5, 5.41) is 8.72. The van der Waals surface area contributed by atoms with Gasteiger partial charge in [0.1, 0.15) is 0 Å². The Morgan fingerprint density at radius 3 is 2.33 bits per heavy atom. The molecule has 0 bridgehead atoms. The Labute approximate surface area is 203 Å². The SMILES string of the molecule is Cc1ccccc1N=Nc1ccc(N2C(=O)/C(=C/c3ccc(N(C)C)cc3)SC2=S)c(C)c1. The Balaban J connectivity index is 1.55. The Morgan fingerprint density at radius 2 is 1.67 bits per heavy atom. The fraction of sp³-hybridized carbons (Fsp3) is 0.154. The third kappa shape index (κ3) is 5.05. The average molecular weight is 473 g/mol. The number of anilines is 2. The Morgan fingerprint density at radius 1 is 0.939 bits per heavy atom. The van der Waals surface area contributed by atoms with Crippen LogP contribution in [0.1, 0.15) is 16.7 Å². The van der Waals surface area contributed by atoms with E-state index in [-0.39, 0.29) is 5.91 Å². The van der Waals surface area contributed by atoms with Crippen molar-refractivity contribution < 1.29 is 4.79 Å². The van der Waals surface area contributed by atoms with E-state index in [1.54, 1.807) is 4.90 Å². The molecule has 0 aliphatic carbocycles. The molecule has 1 heterocycles. The predicted octanol–water partition coefficient (Wildman–Crippen LogP) is 7.19. The van der Waals surface area contributed by atoms with Crippen molar-refractivity contribution in [2.75, 3.05) is 23.9 Å². The summed E-state index contributed by atoms with van der Waals surface area (Å²) in [6.45, 7) is 3.95. The van der Waals surface area contributed by atoms with Crippen molar-refractivity contribution in [2.45, 2.75) is 13.8 Å². The molecule has 1 fully saturated rings. The first-order valence-electron chi connectivity index (χ1n) is 10.5. The van der Waals surface area contributed by atoms with Gasteiger partial charge in [0.2, 0.25) is 0 Å². The maximum absolute atomic E-state index is 13.2. The van der Waals surface area contributed by atoms with E-state index in [1.807, 2.05) is 106 Å². The van der Waals surface area contributed by atoms with E-state index in [9.17, 15) is 4.79 Å². The minimum atomic E-state index is -0.112. The lowest BCUT2D eigenvalue weighted by atomic mass is 10.1. The number of benzene rings is 3. The molecule has 1 aliphatic rings. The molecule has 3 aromatic rings. The van der Waals surface area contributed by atoms with E-state index in [4.69, 9.17) is 12.2 Å². The van der Waals surface area contributed by atoms with Crippen molar-refractivity contribution in [1.29, 1.82) is 0 Å². The molecule has 0 unspecified atom stereocenters. The Hall–Kier alpha value is -3.29. The van der Waals surface area contributed by atoms with Crippen LogP contribution in [0.2, 0.25) is 0 Å². The monoisotopic (exact) mass is 472 g/mol. The first kappa shape index (κ1) is 22.9. The van der Waals surface area contributed by atoms with Gasteiger partial charge in [0.05, 0.1) is 22.0 Å². The number of aryl methyl sites for hydroxylation is 2. The zero-order chi connectivity index (χ0) is 23.5. The first-order valence-corrected chi connectivity index (χ1v) is 11.7. The van der Waals surface area contributed by atoms with Gasteiger partial charge in [-0.3, -0.25) is 9.69 Å². The number of carbonyl (C=O) groups excluding carboxylic acids is 1. The van der Waals surface area contributed by atoms with Gasteiger partial charge in [0, 0.05) is 19.8 Å². The molecule has 3 aromatic carbocycles. The molecule has 0 aromatic heterocycles. The number of carbonyl (C=O) groups is 1. The van der Waals surface area contributed by atoms with Gasteiger partial charge in [-0.2, -0.15) is 10.2 Å². The molecule has 5 nitrogen and oxygen atoms in total. The molecule has 33 heavy (non-hydrogen) atoms. The van der Waals surface area contributed by atoms with Gasteiger partial charge in [-0.1, -0.05) is 54.3 Å². The third-order valence-electron chi connectivity index (χ3n) is 5.31. The zero-order valence-corrected chi connectivity index (χ0v) is 20.6. The van der Waals surface area contributed by atoms with Crippen molar-refractivity contribution >= 4 is 63.0 Å². The maximum atomic E-state index is 13.2. The minimum Gasteiger partial charge on any atom is -0.378 e. The van der Waals surface area contributed by atoms with Crippen molar-refractivity contribution in [3.63, 3.8) is 0 Å². The molecule has 4 rings (SSSR count). The van der Waals surface area contributed by atoms with E-state index in [1.165, 1.54) is 11.8 Å². The number of hydrogen-bond donors (Lipinski definition) is 0. The van der Waals surface area contributed by atoms with Crippen LogP contribution in [0.4, 0.5) is 22.7 Å². The van der Waals surface area contributed by atoms with Crippen LogP contribution >= 0.6 is 24.0 Å². The van der Waals surface area contributed by atoms with Crippen molar-refractivity contribution in [2.24, 2.45) is 10.2 Å². The quantitative estimate of drug-likeness (QED) is 0.224. The number of thiocarbonyl (C=S) groups is 1. The van der Waals surface area contributed by atoms with E-state index < -0.39 is 0 Å². The van der Waals surface area contributed by atoms with Gasteiger partial charge in [-0.15, -0.1) is 0 Å². The molecule has 0 N–H and O–H groups in total. The van der Waals surface area contributed by atoms with Crippen LogP contribution < -0.4 is 9.80 Å². The fourth-order valence-electron chi connectivity index (χ4n) is 3.44. The third-order valence-corrected chi connectivity index (χ3v) is 6.61. The highest BCUT2D eigenvalue weighted by Crippen LogP contribution is 2.38. The minimum absolute atomic E-state index is 0.112. The normalized spacial score (nSPS) is 15.2. The van der Waals surface area contributed by atoms with E-state index in [2.05, 4.69) is 10.2 Å². The average Bonchev–Trinajstić information content (AvgIpc) is 3.06. The van der Waals surface area contributed by atoms with Gasteiger partial charge in [-0.25, -0.2) is 0 Å². The summed E-state index contributed by atoms with van der Waals surface area (Å²) in [6, 6.07) is 21.6. The number of azo groups is 1. The summed E-state index contributed by atoms with van der Waals surface area (Å²) in [5.74, 6) is -0.112. The second-order valence-corrected chi connectivity index (χ2v) is 9.64. The molecule has 1 saturated heterocycles. The molecule has 166 valence electrons. The van der Waals surface area contributed by atoms with Crippen LogP contribution in [-0.4, -0.2) is 24.3 Å². The summed E-state index contributed by atoms with van der Waals surface area (Å²) in [4.78, 5) is 17.4. The lowest BCUT2D eigenvalue weighted by Crippen LogP contribution is -2.28. The van der Waals surface area contributed by atoms with Crippen LogP contribution in [0.25, 0.3) is 6.08 Å². The molecular formula is C26H24N4OS2. The van der Waals surface area contributed by atoms with Gasteiger partial charge in [0.25, 0.3) is 5.91 Å². The van der Waals surface area contributed by atoms with Crippen LogP contribution in [0.3, 0.4) is 0 Å². The summed E-state index contributed by atoms with van der Waals surface area (Å²) in [7, 11) is 4.00. The smallest absolute Gasteiger partial charge is 0.270 e. The molecule has 1 amide bonds. The van der Waals surface area contributed by atoms with Crippen LogP contribution in [-0.2, 0) is 4.79 Å².